The van der Waals surface area contributed by atoms with Gasteiger partial charge in [0.05, 0.1) is 12.1 Å². The third-order valence-electron chi connectivity index (χ3n) is 2.75. The Labute approximate surface area is 104 Å². The summed E-state index contributed by atoms with van der Waals surface area (Å²) >= 11 is 0. The van der Waals surface area contributed by atoms with Gasteiger partial charge in [0.2, 0.25) is 0 Å². The van der Waals surface area contributed by atoms with Crippen molar-refractivity contribution in [2.45, 2.75) is 26.8 Å². The van der Waals surface area contributed by atoms with Crippen LogP contribution in [-0.4, -0.2) is 22.1 Å². The molecule has 2 aromatic rings. The number of nitrogens with zero attached hydrogens (tertiary/aromatic N) is 2. The fraction of sp³-hybridized carbons (Fsp3) is 0.385. The van der Waals surface area contributed by atoms with Gasteiger partial charge in [0.1, 0.15) is 11.3 Å². The van der Waals surface area contributed by atoms with Crippen LogP contribution in [0.4, 0.5) is 4.39 Å². The summed E-state index contributed by atoms with van der Waals surface area (Å²) in [5.41, 5.74) is 1.16. The Balaban J connectivity index is 2.15. The maximum Gasteiger partial charge on any atom is 0.302 e. The van der Waals surface area contributed by atoms with Gasteiger partial charge in [-0.3, -0.25) is 4.79 Å². The minimum atomic E-state index is -0.311. The SMILES string of the molecule is CC(=O)OCCCn1c(C)nc2c(F)cccc21. The number of para-hydroxylation sites is 1. The number of halogens is 1. The zero-order valence-corrected chi connectivity index (χ0v) is 10.4. The minimum absolute atomic E-state index is 0.284. The predicted molar refractivity (Wildman–Crippen MR) is 65.7 cm³/mol. The van der Waals surface area contributed by atoms with E-state index >= 15 is 0 Å². The monoisotopic (exact) mass is 250 g/mol. The van der Waals surface area contributed by atoms with Crippen LogP contribution in [0.2, 0.25) is 0 Å². The fourth-order valence-electron chi connectivity index (χ4n) is 1.95. The number of carbonyl (C=O) groups excluding carboxylic acids is 1. The summed E-state index contributed by atoms with van der Waals surface area (Å²) in [6, 6.07) is 4.91. The van der Waals surface area contributed by atoms with E-state index in [1.165, 1.54) is 13.0 Å². The smallest absolute Gasteiger partial charge is 0.302 e. The Kier molecular flexibility index (Phi) is 3.60. The molecule has 1 aromatic carbocycles. The second kappa shape index (κ2) is 5.16. The highest BCUT2D eigenvalue weighted by Crippen LogP contribution is 2.19. The standard InChI is InChI=1S/C13H15FN2O2/c1-9-15-13-11(14)5-3-6-12(13)16(9)7-4-8-18-10(2)17/h3,5-6H,4,7-8H2,1-2H3. The molecule has 0 aliphatic carbocycles. The molecule has 1 heterocycles. The number of aryl methyl sites for hydroxylation is 2. The first-order valence-corrected chi connectivity index (χ1v) is 5.84. The van der Waals surface area contributed by atoms with E-state index in [0.717, 1.165) is 11.3 Å². The van der Waals surface area contributed by atoms with Crippen LogP contribution >= 0.6 is 0 Å². The van der Waals surface area contributed by atoms with E-state index in [4.69, 9.17) is 4.74 Å². The van der Waals surface area contributed by atoms with Crippen LogP contribution in [0, 0.1) is 12.7 Å². The van der Waals surface area contributed by atoms with Crippen molar-refractivity contribution in [2.24, 2.45) is 0 Å². The fourth-order valence-corrected chi connectivity index (χ4v) is 1.95. The minimum Gasteiger partial charge on any atom is -0.466 e. The van der Waals surface area contributed by atoms with Crippen molar-refractivity contribution in [2.75, 3.05) is 6.61 Å². The van der Waals surface area contributed by atoms with Crippen molar-refractivity contribution in [3.63, 3.8) is 0 Å². The summed E-state index contributed by atoms with van der Waals surface area (Å²) in [4.78, 5) is 14.8. The van der Waals surface area contributed by atoms with Gasteiger partial charge in [-0.25, -0.2) is 9.37 Å². The summed E-state index contributed by atoms with van der Waals surface area (Å²) in [6.45, 7) is 4.24. The van der Waals surface area contributed by atoms with Gasteiger partial charge >= 0.3 is 5.97 Å². The molecular weight excluding hydrogens is 235 g/mol. The number of hydrogen-bond donors (Lipinski definition) is 0. The summed E-state index contributed by atoms with van der Waals surface area (Å²) in [7, 11) is 0. The second-order valence-corrected chi connectivity index (χ2v) is 4.11. The molecule has 1 aromatic heterocycles. The number of benzene rings is 1. The largest absolute Gasteiger partial charge is 0.466 e. The van der Waals surface area contributed by atoms with Crippen molar-refractivity contribution in [1.29, 1.82) is 0 Å². The number of hydrogen-bond acceptors (Lipinski definition) is 3. The molecule has 5 heteroatoms. The maximum atomic E-state index is 13.5. The summed E-state index contributed by atoms with van der Waals surface area (Å²) in [5.74, 6) is 0.167. The highest BCUT2D eigenvalue weighted by atomic mass is 19.1. The molecule has 0 saturated carbocycles. The Bertz CT molecular complexity index is 578. The molecule has 0 fully saturated rings. The van der Waals surface area contributed by atoms with E-state index in [1.807, 2.05) is 17.6 Å². The average Bonchev–Trinajstić information content (AvgIpc) is 2.63. The van der Waals surface area contributed by atoms with Crippen LogP contribution in [0.5, 0.6) is 0 Å². The number of esters is 1. The van der Waals surface area contributed by atoms with Gasteiger partial charge in [-0.05, 0) is 25.5 Å². The first-order chi connectivity index (χ1) is 8.59. The highest BCUT2D eigenvalue weighted by molar-refractivity contribution is 5.76. The molecule has 18 heavy (non-hydrogen) atoms. The van der Waals surface area contributed by atoms with Gasteiger partial charge < -0.3 is 9.30 Å². The Morgan fingerprint density at radius 1 is 1.50 bits per heavy atom. The Morgan fingerprint density at radius 2 is 2.28 bits per heavy atom. The van der Waals surface area contributed by atoms with Crippen LogP contribution in [-0.2, 0) is 16.1 Å². The molecule has 0 N–H and O–H groups in total. The second-order valence-electron chi connectivity index (χ2n) is 4.11. The van der Waals surface area contributed by atoms with Crippen LogP contribution in [0.15, 0.2) is 18.2 Å². The maximum absolute atomic E-state index is 13.5. The number of ether oxygens (including phenoxy) is 1. The van der Waals surface area contributed by atoms with Crippen molar-refractivity contribution >= 4 is 17.0 Å². The first kappa shape index (κ1) is 12.5. The third-order valence-corrected chi connectivity index (χ3v) is 2.75. The van der Waals surface area contributed by atoms with Crippen LogP contribution in [0.25, 0.3) is 11.0 Å². The molecule has 4 nitrogen and oxygen atoms in total. The zero-order chi connectivity index (χ0) is 13.1. The zero-order valence-electron chi connectivity index (χ0n) is 10.4. The highest BCUT2D eigenvalue weighted by Gasteiger charge is 2.10. The number of rotatable bonds is 4. The molecule has 0 aliphatic heterocycles. The molecule has 0 atom stereocenters. The molecule has 0 spiro atoms. The topological polar surface area (TPSA) is 44.1 Å². The van der Waals surface area contributed by atoms with Gasteiger partial charge in [0.15, 0.2) is 5.82 Å². The first-order valence-electron chi connectivity index (χ1n) is 5.84. The van der Waals surface area contributed by atoms with Crippen LogP contribution in [0.3, 0.4) is 0 Å². The number of carbonyl (C=O) groups is 1. The molecule has 96 valence electrons. The summed E-state index contributed by atoms with van der Waals surface area (Å²) in [6.07, 6.45) is 0.683. The van der Waals surface area contributed by atoms with Gasteiger partial charge in [0, 0.05) is 13.5 Å². The molecule has 0 unspecified atom stereocenters. The third kappa shape index (κ3) is 2.50. The molecular formula is C13H15FN2O2. The van der Waals surface area contributed by atoms with E-state index in [1.54, 1.807) is 6.07 Å². The van der Waals surface area contributed by atoms with E-state index in [-0.39, 0.29) is 11.8 Å². The lowest BCUT2D eigenvalue weighted by Crippen LogP contribution is -2.06. The molecule has 0 saturated heterocycles. The summed E-state index contributed by atoms with van der Waals surface area (Å²) < 4.78 is 20.3. The van der Waals surface area contributed by atoms with Crippen LogP contribution in [0.1, 0.15) is 19.2 Å². The normalized spacial score (nSPS) is 10.8. The van der Waals surface area contributed by atoms with E-state index < -0.39 is 0 Å². The number of aromatic nitrogens is 2. The van der Waals surface area contributed by atoms with E-state index in [0.29, 0.717) is 25.1 Å². The molecule has 0 amide bonds. The van der Waals surface area contributed by atoms with Gasteiger partial charge in [0.25, 0.3) is 0 Å². The molecule has 0 radical (unpaired) electrons. The average molecular weight is 250 g/mol. The van der Waals surface area contributed by atoms with Crippen molar-refractivity contribution < 1.29 is 13.9 Å². The van der Waals surface area contributed by atoms with E-state index in [2.05, 4.69) is 4.98 Å². The molecule has 2 rings (SSSR count). The van der Waals surface area contributed by atoms with E-state index in [9.17, 15) is 9.18 Å². The van der Waals surface area contributed by atoms with Crippen molar-refractivity contribution in [3.05, 3.63) is 29.8 Å². The number of imidazole rings is 1. The Morgan fingerprint density at radius 3 is 3.00 bits per heavy atom. The van der Waals surface area contributed by atoms with Crippen LogP contribution < -0.4 is 0 Å². The quantitative estimate of drug-likeness (QED) is 0.618. The van der Waals surface area contributed by atoms with Crippen molar-refractivity contribution in [3.8, 4) is 0 Å². The van der Waals surface area contributed by atoms with Gasteiger partial charge in [-0.15, -0.1) is 0 Å². The molecule has 0 bridgehead atoms. The summed E-state index contributed by atoms with van der Waals surface area (Å²) in [5, 5.41) is 0. The lowest BCUT2D eigenvalue weighted by molar-refractivity contribution is -0.141. The predicted octanol–water partition coefficient (Wildman–Crippen LogP) is 2.44. The van der Waals surface area contributed by atoms with Gasteiger partial charge in [-0.1, -0.05) is 6.07 Å². The van der Waals surface area contributed by atoms with Crippen molar-refractivity contribution in [1.82, 2.24) is 9.55 Å². The van der Waals surface area contributed by atoms with Gasteiger partial charge in [-0.2, -0.15) is 0 Å². The lowest BCUT2D eigenvalue weighted by atomic mass is 10.3. The lowest BCUT2D eigenvalue weighted by Gasteiger charge is -2.06. The molecule has 0 aliphatic rings. The Hall–Kier alpha value is -1.91. The number of fused-ring (bicyclic) bond motifs is 1.